The van der Waals surface area contributed by atoms with Gasteiger partial charge in [-0.25, -0.2) is 4.39 Å². The zero-order valence-corrected chi connectivity index (χ0v) is 12.7. The quantitative estimate of drug-likeness (QED) is 0.624. The van der Waals surface area contributed by atoms with Crippen molar-refractivity contribution in [3.8, 4) is 0 Å². The minimum atomic E-state index is -0.196. The molecule has 1 atom stereocenters. The van der Waals surface area contributed by atoms with Crippen LogP contribution < -0.4 is 0 Å². The Kier molecular flexibility index (Phi) is 5.15. The fourth-order valence-electron chi connectivity index (χ4n) is 2.06. The Hall–Kier alpha value is -1.15. The molecule has 1 unspecified atom stereocenters. The van der Waals surface area contributed by atoms with Gasteiger partial charge in [0.1, 0.15) is 5.82 Å². The standard InChI is InChI=1S/C17H18BrF/c1-2-3-4-13-5-7-14(8-6-13)17(18)15-9-11-16(19)12-10-15/h5-12,17H,2-4H2,1H3. The second-order valence-electron chi connectivity index (χ2n) is 4.76. The van der Waals surface area contributed by atoms with E-state index in [4.69, 9.17) is 0 Å². The highest BCUT2D eigenvalue weighted by atomic mass is 79.9. The number of rotatable bonds is 5. The third-order valence-electron chi connectivity index (χ3n) is 3.25. The molecule has 0 radical (unpaired) electrons. The fraction of sp³-hybridized carbons (Fsp3) is 0.294. The van der Waals surface area contributed by atoms with Gasteiger partial charge in [0, 0.05) is 0 Å². The fourth-order valence-corrected chi connectivity index (χ4v) is 2.67. The molecule has 0 fully saturated rings. The van der Waals surface area contributed by atoms with Gasteiger partial charge >= 0.3 is 0 Å². The second kappa shape index (κ2) is 6.85. The van der Waals surface area contributed by atoms with Crippen LogP contribution >= 0.6 is 15.9 Å². The summed E-state index contributed by atoms with van der Waals surface area (Å²) in [4.78, 5) is 0.119. The van der Waals surface area contributed by atoms with Gasteiger partial charge in [0.05, 0.1) is 4.83 Å². The van der Waals surface area contributed by atoms with E-state index in [9.17, 15) is 4.39 Å². The molecule has 0 aliphatic carbocycles. The minimum Gasteiger partial charge on any atom is -0.207 e. The number of hydrogen-bond acceptors (Lipinski definition) is 0. The molecule has 0 aliphatic rings. The normalized spacial score (nSPS) is 12.4. The Labute approximate surface area is 122 Å². The number of unbranched alkanes of at least 4 members (excludes halogenated alkanes) is 1. The van der Waals surface area contributed by atoms with Crippen molar-refractivity contribution < 1.29 is 4.39 Å². The molecule has 2 aromatic carbocycles. The highest BCUT2D eigenvalue weighted by Gasteiger charge is 2.10. The van der Waals surface area contributed by atoms with E-state index in [0.717, 1.165) is 12.0 Å². The summed E-state index contributed by atoms with van der Waals surface area (Å²) in [5, 5.41) is 0. The highest BCUT2D eigenvalue weighted by molar-refractivity contribution is 9.09. The van der Waals surface area contributed by atoms with Crippen molar-refractivity contribution in [2.75, 3.05) is 0 Å². The van der Waals surface area contributed by atoms with E-state index >= 15 is 0 Å². The Balaban J connectivity index is 2.10. The van der Waals surface area contributed by atoms with Crippen LogP contribution in [0.25, 0.3) is 0 Å². The van der Waals surface area contributed by atoms with E-state index in [1.54, 1.807) is 0 Å². The molecule has 0 heterocycles. The number of halogens is 2. The van der Waals surface area contributed by atoms with Gasteiger partial charge in [0.15, 0.2) is 0 Å². The smallest absolute Gasteiger partial charge is 0.123 e. The molecule has 0 nitrogen and oxygen atoms in total. The van der Waals surface area contributed by atoms with Crippen LogP contribution in [0, 0.1) is 5.82 Å². The average Bonchev–Trinajstić information content (AvgIpc) is 2.46. The van der Waals surface area contributed by atoms with E-state index in [1.165, 1.54) is 36.1 Å². The monoisotopic (exact) mass is 320 g/mol. The number of aryl methyl sites for hydroxylation is 1. The van der Waals surface area contributed by atoms with E-state index in [1.807, 2.05) is 12.1 Å². The Morgan fingerprint density at radius 3 is 2.00 bits per heavy atom. The summed E-state index contributed by atoms with van der Waals surface area (Å²) in [7, 11) is 0. The van der Waals surface area contributed by atoms with Crippen LogP contribution in [0.1, 0.15) is 41.3 Å². The molecular formula is C17H18BrF. The van der Waals surface area contributed by atoms with Crippen LogP contribution in [-0.4, -0.2) is 0 Å². The van der Waals surface area contributed by atoms with Crippen molar-refractivity contribution in [2.45, 2.75) is 31.0 Å². The predicted molar refractivity (Wildman–Crippen MR) is 82.2 cm³/mol. The molecule has 0 aromatic heterocycles. The van der Waals surface area contributed by atoms with Gasteiger partial charge in [0.25, 0.3) is 0 Å². The number of alkyl halides is 1. The molecule has 19 heavy (non-hydrogen) atoms. The van der Waals surface area contributed by atoms with Crippen molar-refractivity contribution in [1.82, 2.24) is 0 Å². The van der Waals surface area contributed by atoms with Gasteiger partial charge < -0.3 is 0 Å². The molecule has 0 saturated heterocycles. The van der Waals surface area contributed by atoms with Crippen molar-refractivity contribution >= 4 is 15.9 Å². The zero-order chi connectivity index (χ0) is 13.7. The molecule has 0 saturated carbocycles. The highest BCUT2D eigenvalue weighted by Crippen LogP contribution is 2.30. The Morgan fingerprint density at radius 2 is 1.47 bits per heavy atom. The van der Waals surface area contributed by atoms with Crippen molar-refractivity contribution in [3.63, 3.8) is 0 Å². The minimum absolute atomic E-state index is 0.119. The van der Waals surface area contributed by atoms with Gasteiger partial charge in [-0.3, -0.25) is 0 Å². The van der Waals surface area contributed by atoms with E-state index in [0.29, 0.717) is 0 Å². The molecule has 2 aromatic rings. The second-order valence-corrected chi connectivity index (χ2v) is 5.67. The van der Waals surface area contributed by atoms with Crippen LogP contribution in [0.15, 0.2) is 48.5 Å². The molecule has 0 aliphatic heterocycles. The van der Waals surface area contributed by atoms with E-state index < -0.39 is 0 Å². The van der Waals surface area contributed by atoms with Gasteiger partial charge in [-0.2, -0.15) is 0 Å². The first kappa shape index (κ1) is 14.3. The first-order valence-corrected chi connectivity index (χ1v) is 7.60. The maximum atomic E-state index is 12.9. The van der Waals surface area contributed by atoms with Crippen LogP contribution in [0.5, 0.6) is 0 Å². The van der Waals surface area contributed by atoms with E-state index in [2.05, 4.69) is 47.1 Å². The largest absolute Gasteiger partial charge is 0.207 e. The summed E-state index contributed by atoms with van der Waals surface area (Å²) in [5.41, 5.74) is 3.65. The molecule has 0 N–H and O–H groups in total. The average molecular weight is 321 g/mol. The Bertz CT molecular complexity index is 502. The lowest BCUT2D eigenvalue weighted by Gasteiger charge is -2.11. The van der Waals surface area contributed by atoms with Crippen molar-refractivity contribution in [2.24, 2.45) is 0 Å². The van der Waals surface area contributed by atoms with E-state index in [-0.39, 0.29) is 10.6 Å². The van der Waals surface area contributed by atoms with Gasteiger partial charge in [-0.05, 0) is 41.7 Å². The first-order valence-electron chi connectivity index (χ1n) is 6.69. The topological polar surface area (TPSA) is 0 Å². The maximum Gasteiger partial charge on any atom is 0.123 e. The first-order chi connectivity index (χ1) is 9.20. The van der Waals surface area contributed by atoms with Crippen LogP contribution in [0.2, 0.25) is 0 Å². The summed E-state index contributed by atoms with van der Waals surface area (Å²) in [6.07, 6.45) is 3.59. The third-order valence-corrected chi connectivity index (χ3v) is 4.31. The molecule has 0 spiro atoms. The molecule has 2 rings (SSSR count). The number of hydrogen-bond donors (Lipinski definition) is 0. The van der Waals surface area contributed by atoms with Crippen LogP contribution in [-0.2, 0) is 6.42 Å². The van der Waals surface area contributed by atoms with Crippen LogP contribution in [0.3, 0.4) is 0 Å². The zero-order valence-electron chi connectivity index (χ0n) is 11.1. The summed E-state index contributed by atoms with van der Waals surface area (Å²) in [5.74, 6) is -0.196. The van der Waals surface area contributed by atoms with Crippen LogP contribution in [0.4, 0.5) is 4.39 Å². The molecular weight excluding hydrogens is 303 g/mol. The Morgan fingerprint density at radius 1 is 0.947 bits per heavy atom. The third kappa shape index (κ3) is 3.90. The SMILES string of the molecule is CCCCc1ccc(C(Br)c2ccc(F)cc2)cc1. The van der Waals surface area contributed by atoms with Gasteiger partial charge in [-0.15, -0.1) is 0 Å². The lowest BCUT2D eigenvalue weighted by molar-refractivity contribution is 0.627. The maximum absolute atomic E-state index is 12.9. The molecule has 0 amide bonds. The summed E-state index contributed by atoms with van der Waals surface area (Å²) in [6, 6.07) is 15.3. The molecule has 100 valence electrons. The van der Waals surface area contributed by atoms with Gasteiger partial charge in [-0.1, -0.05) is 65.7 Å². The summed E-state index contributed by atoms with van der Waals surface area (Å²) >= 11 is 3.67. The van der Waals surface area contributed by atoms with Crippen molar-refractivity contribution in [1.29, 1.82) is 0 Å². The molecule has 0 bridgehead atoms. The lowest BCUT2D eigenvalue weighted by Crippen LogP contribution is -1.94. The predicted octanol–water partition coefficient (Wildman–Crippen LogP) is 5.65. The summed E-state index contributed by atoms with van der Waals surface area (Å²) < 4.78 is 12.9. The number of benzene rings is 2. The van der Waals surface area contributed by atoms with Gasteiger partial charge in [0.2, 0.25) is 0 Å². The van der Waals surface area contributed by atoms with Crippen molar-refractivity contribution in [3.05, 3.63) is 71.0 Å². The lowest BCUT2D eigenvalue weighted by atomic mass is 10.0. The molecule has 2 heteroatoms. The summed E-state index contributed by atoms with van der Waals surface area (Å²) in [6.45, 7) is 2.21.